The molecule has 0 fully saturated rings. The van der Waals surface area contributed by atoms with E-state index in [0.717, 1.165) is 17.7 Å². The molecule has 1 amide bonds. The van der Waals surface area contributed by atoms with Crippen LogP contribution in [0.4, 0.5) is 4.39 Å². The zero-order valence-electron chi connectivity index (χ0n) is 13.9. The van der Waals surface area contributed by atoms with Crippen molar-refractivity contribution in [1.82, 2.24) is 9.88 Å². The molecule has 0 saturated carbocycles. The van der Waals surface area contributed by atoms with Gasteiger partial charge in [0.25, 0.3) is 0 Å². The van der Waals surface area contributed by atoms with Crippen LogP contribution in [0, 0.1) is 11.7 Å². The molecule has 2 aromatic rings. The maximum atomic E-state index is 13.6. The van der Waals surface area contributed by atoms with Gasteiger partial charge in [0.15, 0.2) is 0 Å². The summed E-state index contributed by atoms with van der Waals surface area (Å²) >= 11 is 0. The summed E-state index contributed by atoms with van der Waals surface area (Å²) in [7, 11) is 1.76. The molecule has 0 aliphatic carbocycles. The highest BCUT2D eigenvalue weighted by Crippen LogP contribution is 2.27. The van der Waals surface area contributed by atoms with E-state index in [1.54, 1.807) is 24.2 Å². The van der Waals surface area contributed by atoms with Crippen LogP contribution >= 0.6 is 0 Å². The average Bonchev–Trinajstić information content (AvgIpc) is 2.54. The maximum absolute atomic E-state index is 13.6. The van der Waals surface area contributed by atoms with Gasteiger partial charge in [-0.05, 0) is 42.2 Å². The lowest BCUT2D eigenvalue weighted by atomic mass is 10.00. The molecule has 0 radical (unpaired) electrons. The van der Waals surface area contributed by atoms with Crippen LogP contribution in [0.15, 0.2) is 48.7 Å². The van der Waals surface area contributed by atoms with Crippen molar-refractivity contribution in [3.8, 4) is 0 Å². The summed E-state index contributed by atoms with van der Waals surface area (Å²) in [4.78, 5) is 18.6. The Balaban J connectivity index is 2.32. The highest BCUT2D eigenvalue weighted by atomic mass is 19.1. The number of halogens is 1. The molecular formula is C19H23FN2O. The first-order valence-electron chi connectivity index (χ1n) is 7.91. The molecule has 0 spiro atoms. The van der Waals surface area contributed by atoms with E-state index >= 15 is 0 Å². The molecule has 4 heteroatoms. The lowest BCUT2D eigenvalue weighted by Crippen LogP contribution is -2.32. The summed E-state index contributed by atoms with van der Waals surface area (Å²) in [5.74, 6) is 0.194. The van der Waals surface area contributed by atoms with Gasteiger partial charge < -0.3 is 4.90 Å². The molecule has 1 aromatic carbocycles. The minimum absolute atomic E-state index is 0.0404. The number of benzene rings is 1. The molecule has 0 saturated heterocycles. The molecule has 0 aliphatic rings. The van der Waals surface area contributed by atoms with Crippen molar-refractivity contribution < 1.29 is 9.18 Å². The Labute approximate surface area is 137 Å². The Kier molecular flexibility index (Phi) is 5.85. The number of nitrogens with zero attached hydrogens (tertiary/aromatic N) is 2. The number of amides is 1. The van der Waals surface area contributed by atoms with Gasteiger partial charge in [0.2, 0.25) is 5.91 Å². The standard InChI is InChI=1S/C19H23FN2O/c1-14(2)10-11-18(23)22(3)19(17-9-4-5-12-21-17)15-7-6-8-16(20)13-15/h4-9,12-14,19H,10-11H2,1-3H3. The number of carbonyl (C=O) groups excluding carboxylic acids is 1. The van der Waals surface area contributed by atoms with Gasteiger partial charge in [-0.2, -0.15) is 0 Å². The van der Waals surface area contributed by atoms with Gasteiger partial charge in [0, 0.05) is 19.7 Å². The van der Waals surface area contributed by atoms with Crippen LogP contribution in [0.5, 0.6) is 0 Å². The Morgan fingerprint density at radius 2 is 2.00 bits per heavy atom. The van der Waals surface area contributed by atoms with Gasteiger partial charge in [-0.25, -0.2) is 4.39 Å². The van der Waals surface area contributed by atoms with Gasteiger partial charge in [0.05, 0.1) is 11.7 Å². The monoisotopic (exact) mass is 314 g/mol. The van der Waals surface area contributed by atoms with E-state index in [1.165, 1.54) is 12.1 Å². The van der Waals surface area contributed by atoms with Gasteiger partial charge in [-0.3, -0.25) is 9.78 Å². The van der Waals surface area contributed by atoms with Crippen LogP contribution in [0.2, 0.25) is 0 Å². The number of carbonyl (C=O) groups is 1. The zero-order valence-corrected chi connectivity index (χ0v) is 13.9. The fourth-order valence-electron chi connectivity index (χ4n) is 2.54. The molecule has 122 valence electrons. The van der Waals surface area contributed by atoms with E-state index in [0.29, 0.717) is 12.3 Å². The van der Waals surface area contributed by atoms with Crippen molar-refractivity contribution >= 4 is 5.91 Å². The fraction of sp³-hybridized carbons (Fsp3) is 0.368. The molecular weight excluding hydrogens is 291 g/mol. The normalized spacial score (nSPS) is 12.2. The lowest BCUT2D eigenvalue weighted by molar-refractivity contribution is -0.131. The topological polar surface area (TPSA) is 33.2 Å². The predicted octanol–water partition coefficient (Wildman–Crippen LogP) is 4.20. The largest absolute Gasteiger partial charge is 0.333 e. The molecule has 3 nitrogen and oxygen atoms in total. The van der Waals surface area contributed by atoms with E-state index in [2.05, 4.69) is 18.8 Å². The number of aromatic nitrogens is 1. The highest BCUT2D eigenvalue weighted by molar-refractivity contribution is 5.76. The summed E-state index contributed by atoms with van der Waals surface area (Å²) in [6, 6.07) is 11.5. The lowest BCUT2D eigenvalue weighted by Gasteiger charge is -2.28. The molecule has 2 rings (SSSR count). The molecule has 0 aliphatic heterocycles. The third kappa shape index (κ3) is 4.62. The van der Waals surface area contributed by atoms with Crippen molar-refractivity contribution in [3.63, 3.8) is 0 Å². The second-order valence-corrected chi connectivity index (χ2v) is 6.15. The second kappa shape index (κ2) is 7.86. The minimum atomic E-state index is -0.383. The molecule has 1 unspecified atom stereocenters. The highest BCUT2D eigenvalue weighted by Gasteiger charge is 2.24. The molecule has 1 heterocycles. The van der Waals surface area contributed by atoms with Crippen molar-refractivity contribution in [3.05, 3.63) is 65.7 Å². The van der Waals surface area contributed by atoms with E-state index < -0.39 is 0 Å². The Morgan fingerprint density at radius 1 is 1.22 bits per heavy atom. The quantitative estimate of drug-likeness (QED) is 0.800. The van der Waals surface area contributed by atoms with Gasteiger partial charge in [-0.15, -0.1) is 0 Å². The molecule has 1 aromatic heterocycles. The van der Waals surface area contributed by atoms with Crippen LogP contribution in [0.25, 0.3) is 0 Å². The van der Waals surface area contributed by atoms with Crippen molar-refractivity contribution in [2.24, 2.45) is 5.92 Å². The smallest absolute Gasteiger partial charge is 0.223 e. The third-order valence-corrected chi connectivity index (χ3v) is 3.85. The Morgan fingerprint density at radius 3 is 2.61 bits per heavy atom. The molecule has 1 atom stereocenters. The van der Waals surface area contributed by atoms with Gasteiger partial charge in [-0.1, -0.05) is 32.0 Å². The fourth-order valence-corrected chi connectivity index (χ4v) is 2.54. The van der Waals surface area contributed by atoms with Crippen LogP contribution in [-0.4, -0.2) is 22.8 Å². The number of rotatable bonds is 6. The van der Waals surface area contributed by atoms with E-state index in [1.807, 2.05) is 24.3 Å². The number of hydrogen-bond acceptors (Lipinski definition) is 2. The van der Waals surface area contributed by atoms with E-state index in [-0.39, 0.29) is 17.8 Å². The number of pyridine rings is 1. The Bertz CT molecular complexity index is 643. The molecule has 0 bridgehead atoms. The number of hydrogen-bond donors (Lipinski definition) is 0. The van der Waals surface area contributed by atoms with Crippen molar-refractivity contribution in [2.75, 3.05) is 7.05 Å². The average molecular weight is 314 g/mol. The summed E-state index contributed by atoms with van der Waals surface area (Å²) < 4.78 is 13.6. The first kappa shape index (κ1) is 17.1. The van der Waals surface area contributed by atoms with Gasteiger partial charge >= 0.3 is 0 Å². The van der Waals surface area contributed by atoms with Crippen LogP contribution in [0.3, 0.4) is 0 Å². The predicted molar refractivity (Wildman–Crippen MR) is 89.3 cm³/mol. The van der Waals surface area contributed by atoms with Crippen molar-refractivity contribution in [2.45, 2.75) is 32.7 Å². The maximum Gasteiger partial charge on any atom is 0.223 e. The van der Waals surface area contributed by atoms with Crippen LogP contribution < -0.4 is 0 Å². The van der Waals surface area contributed by atoms with E-state index in [9.17, 15) is 9.18 Å². The van der Waals surface area contributed by atoms with Crippen molar-refractivity contribution in [1.29, 1.82) is 0 Å². The SMILES string of the molecule is CC(C)CCC(=O)N(C)C(c1cccc(F)c1)c1ccccn1. The Hall–Kier alpha value is -2.23. The third-order valence-electron chi connectivity index (χ3n) is 3.85. The first-order valence-corrected chi connectivity index (χ1v) is 7.91. The van der Waals surface area contributed by atoms with Crippen LogP contribution in [0.1, 0.15) is 44.0 Å². The second-order valence-electron chi connectivity index (χ2n) is 6.15. The van der Waals surface area contributed by atoms with Gasteiger partial charge in [0.1, 0.15) is 5.82 Å². The summed E-state index contributed by atoms with van der Waals surface area (Å²) in [6.07, 6.45) is 3.00. The zero-order chi connectivity index (χ0) is 16.8. The summed E-state index contributed by atoms with van der Waals surface area (Å²) in [5, 5.41) is 0. The van der Waals surface area contributed by atoms with E-state index in [4.69, 9.17) is 0 Å². The summed E-state index contributed by atoms with van der Waals surface area (Å²) in [5.41, 5.74) is 1.46. The molecule has 0 N–H and O–H groups in total. The minimum Gasteiger partial charge on any atom is -0.333 e. The summed E-state index contributed by atoms with van der Waals surface area (Å²) in [6.45, 7) is 4.19. The van der Waals surface area contributed by atoms with Crippen LogP contribution in [-0.2, 0) is 4.79 Å². The first-order chi connectivity index (χ1) is 11.0. The molecule has 23 heavy (non-hydrogen) atoms.